The van der Waals surface area contributed by atoms with Crippen LogP contribution in [0.15, 0.2) is 79.0 Å². The molecule has 1 atom stereocenters. The predicted molar refractivity (Wildman–Crippen MR) is 187 cm³/mol. The predicted octanol–water partition coefficient (Wildman–Crippen LogP) is 5.33. The molecule has 0 radical (unpaired) electrons. The first-order valence-electron chi connectivity index (χ1n) is 16.1. The minimum Gasteiger partial charge on any atom is -0.491 e. The van der Waals surface area contributed by atoms with Crippen LogP contribution in [0.4, 0.5) is 5.82 Å². The van der Waals surface area contributed by atoms with Gasteiger partial charge in [-0.3, -0.25) is 19.7 Å². The third kappa shape index (κ3) is 6.96. The second-order valence-corrected chi connectivity index (χ2v) is 13.0. The highest BCUT2D eigenvalue weighted by molar-refractivity contribution is 7.21. The molecule has 1 unspecified atom stereocenters. The first-order chi connectivity index (χ1) is 23.8. The molecule has 4 heterocycles. The fourth-order valence-electron chi connectivity index (χ4n) is 5.97. The molecule has 1 N–H and O–H groups in total. The van der Waals surface area contributed by atoms with Gasteiger partial charge in [-0.25, -0.2) is 9.97 Å². The minimum absolute atomic E-state index is 0.212. The SMILES string of the molecule is CN(C)c1ccc(-c2ccc(-c3nc4ccc(OCCOCCOc5cccc6c5CN(C5CCC(=O)NC5=O)C6=O)cc4s3)cc2)cn1. The Kier molecular flexibility index (Phi) is 9.23. The lowest BCUT2D eigenvalue weighted by molar-refractivity contribution is -0.136. The Balaban J connectivity index is 0.871. The molecule has 0 bridgehead atoms. The highest BCUT2D eigenvalue weighted by Gasteiger charge is 2.40. The van der Waals surface area contributed by atoms with E-state index < -0.39 is 11.9 Å². The summed E-state index contributed by atoms with van der Waals surface area (Å²) in [5.41, 5.74) is 5.39. The van der Waals surface area contributed by atoms with E-state index in [2.05, 4.69) is 40.6 Å². The lowest BCUT2D eigenvalue weighted by Gasteiger charge is -2.29. The van der Waals surface area contributed by atoms with Crippen LogP contribution >= 0.6 is 11.3 Å². The largest absolute Gasteiger partial charge is 0.491 e. The zero-order valence-corrected chi connectivity index (χ0v) is 28.0. The van der Waals surface area contributed by atoms with Crippen LogP contribution in [0.5, 0.6) is 11.5 Å². The number of fused-ring (bicyclic) bond motifs is 2. The number of carbonyl (C=O) groups is 3. The number of anilines is 1. The Labute approximate surface area is 287 Å². The number of ether oxygens (including phenoxy) is 3. The van der Waals surface area contributed by atoms with Crippen molar-refractivity contribution in [2.75, 3.05) is 45.4 Å². The monoisotopic (exact) mass is 677 g/mol. The van der Waals surface area contributed by atoms with Crippen LogP contribution in [-0.4, -0.2) is 79.2 Å². The second kappa shape index (κ2) is 14.0. The topological polar surface area (TPSA) is 123 Å². The number of amides is 3. The molecule has 2 aromatic heterocycles. The van der Waals surface area contributed by atoms with Crippen molar-refractivity contribution < 1.29 is 28.6 Å². The smallest absolute Gasteiger partial charge is 0.255 e. The summed E-state index contributed by atoms with van der Waals surface area (Å²) < 4.78 is 18.7. The first kappa shape index (κ1) is 32.2. The molecule has 2 aliphatic heterocycles. The molecule has 7 rings (SSSR count). The van der Waals surface area contributed by atoms with Gasteiger partial charge in [0.25, 0.3) is 5.91 Å². The molecule has 0 spiro atoms. The number of nitrogens with one attached hydrogen (secondary N) is 1. The van der Waals surface area contributed by atoms with Gasteiger partial charge in [-0.2, -0.15) is 0 Å². The van der Waals surface area contributed by atoms with Crippen molar-refractivity contribution >= 4 is 45.1 Å². The van der Waals surface area contributed by atoms with E-state index >= 15 is 0 Å². The zero-order valence-electron chi connectivity index (χ0n) is 27.2. The van der Waals surface area contributed by atoms with Crippen molar-refractivity contribution in [1.29, 1.82) is 0 Å². The van der Waals surface area contributed by atoms with Crippen molar-refractivity contribution in [3.63, 3.8) is 0 Å². The van der Waals surface area contributed by atoms with Gasteiger partial charge in [-0.1, -0.05) is 30.3 Å². The molecule has 11 nitrogen and oxygen atoms in total. The Hall–Kier alpha value is -5.33. The molecule has 12 heteroatoms. The summed E-state index contributed by atoms with van der Waals surface area (Å²) in [6.07, 6.45) is 2.42. The number of rotatable bonds is 12. The molecule has 3 amide bonds. The van der Waals surface area contributed by atoms with E-state index in [1.54, 1.807) is 23.5 Å². The van der Waals surface area contributed by atoms with Crippen LogP contribution in [0, 0.1) is 0 Å². The van der Waals surface area contributed by atoms with Crippen molar-refractivity contribution in [1.82, 2.24) is 20.2 Å². The third-order valence-corrected chi connectivity index (χ3v) is 9.62. The van der Waals surface area contributed by atoms with E-state index in [0.717, 1.165) is 49.0 Å². The number of nitrogens with zero attached hydrogens (tertiary/aromatic N) is 4. The van der Waals surface area contributed by atoms with Gasteiger partial charge >= 0.3 is 0 Å². The summed E-state index contributed by atoms with van der Waals surface area (Å²) in [6, 6.07) is 23.0. The van der Waals surface area contributed by atoms with Crippen LogP contribution < -0.4 is 19.7 Å². The number of benzene rings is 3. The molecule has 5 aromatic rings. The highest BCUT2D eigenvalue weighted by Crippen LogP contribution is 2.35. The molecular formula is C37H35N5O6S. The zero-order chi connectivity index (χ0) is 33.9. The van der Waals surface area contributed by atoms with Crippen molar-refractivity contribution in [3.05, 3.63) is 90.1 Å². The summed E-state index contributed by atoms with van der Waals surface area (Å²) >= 11 is 1.62. The van der Waals surface area contributed by atoms with Crippen molar-refractivity contribution in [2.45, 2.75) is 25.4 Å². The maximum atomic E-state index is 13.0. The van der Waals surface area contributed by atoms with E-state index in [0.29, 0.717) is 44.2 Å². The third-order valence-electron chi connectivity index (χ3n) is 8.55. The fraction of sp³-hybridized carbons (Fsp3) is 0.270. The van der Waals surface area contributed by atoms with Gasteiger partial charge in [-0.05, 0) is 54.4 Å². The number of piperidine rings is 1. The van der Waals surface area contributed by atoms with Crippen LogP contribution in [0.25, 0.3) is 31.9 Å². The molecule has 1 saturated heterocycles. The number of thiazole rings is 1. The maximum Gasteiger partial charge on any atom is 0.255 e. The van der Waals surface area contributed by atoms with Crippen LogP contribution in [0.2, 0.25) is 0 Å². The van der Waals surface area contributed by atoms with E-state index in [9.17, 15) is 14.4 Å². The highest BCUT2D eigenvalue weighted by atomic mass is 32.1. The average Bonchev–Trinajstić information content (AvgIpc) is 3.69. The fourth-order valence-corrected chi connectivity index (χ4v) is 6.97. The Bertz CT molecular complexity index is 2010. The van der Waals surface area contributed by atoms with Crippen molar-refractivity contribution in [3.8, 4) is 33.2 Å². The van der Waals surface area contributed by atoms with Crippen LogP contribution in [0.3, 0.4) is 0 Å². The molecule has 2 aliphatic rings. The second-order valence-electron chi connectivity index (χ2n) is 12.0. The number of hydrogen-bond donors (Lipinski definition) is 1. The summed E-state index contributed by atoms with van der Waals surface area (Å²) in [7, 11) is 3.95. The standard InChI is InChI=1S/C37H35N5O6S/c1-41(2)33-14-10-25(21-38-33)23-6-8-24(9-7-23)36-39-29-12-11-26(20-32(29)49-36)47-18-16-46-17-19-48-31-5-3-4-27-28(31)22-42(37(27)45)30-13-15-34(43)40-35(30)44/h3-12,14,20-21,30H,13,15-19,22H2,1-2H3,(H,40,43,44). The van der Waals surface area contributed by atoms with E-state index in [1.807, 2.05) is 55.5 Å². The van der Waals surface area contributed by atoms with E-state index in [-0.39, 0.29) is 24.8 Å². The Morgan fingerprint density at radius 3 is 2.43 bits per heavy atom. The Morgan fingerprint density at radius 1 is 0.898 bits per heavy atom. The number of pyridine rings is 1. The quantitative estimate of drug-likeness (QED) is 0.138. The number of imide groups is 1. The van der Waals surface area contributed by atoms with Gasteiger partial charge in [-0.15, -0.1) is 11.3 Å². The summed E-state index contributed by atoms with van der Waals surface area (Å²) in [5.74, 6) is 1.28. The summed E-state index contributed by atoms with van der Waals surface area (Å²) in [4.78, 5) is 49.8. The average molecular weight is 678 g/mol. The number of carbonyl (C=O) groups excluding carboxylic acids is 3. The minimum atomic E-state index is -0.666. The Morgan fingerprint density at radius 2 is 1.67 bits per heavy atom. The van der Waals surface area contributed by atoms with Gasteiger partial charge in [0.05, 0.1) is 30.0 Å². The molecule has 0 aliphatic carbocycles. The molecule has 250 valence electrons. The van der Waals surface area contributed by atoms with Gasteiger partial charge in [0.1, 0.15) is 41.6 Å². The van der Waals surface area contributed by atoms with Gasteiger partial charge in [0, 0.05) is 49.0 Å². The van der Waals surface area contributed by atoms with Crippen LogP contribution in [-0.2, 0) is 20.9 Å². The van der Waals surface area contributed by atoms with E-state index in [4.69, 9.17) is 19.2 Å². The van der Waals surface area contributed by atoms with E-state index in [1.165, 1.54) is 4.90 Å². The van der Waals surface area contributed by atoms with Crippen LogP contribution in [0.1, 0.15) is 28.8 Å². The molecule has 49 heavy (non-hydrogen) atoms. The van der Waals surface area contributed by atoms with Gasteiger partial charge < -0.3 is 24.0 Å². The normalized spacial score (nSPS) is 15.8. The molecule has 1 fully saturated rings. The lowest BCUT2D eigenvalue weighted by Crippen LogP contribution is -2.52. The maximum absolute atomic E-state index is 13.0. The van der Waals surface area contributed by atoms with Gasteiger partial charge in [0.15, 0.2) is 0 Å². The summed E-state index contributed by atoms with van der Waals surface area (Å²) in [5, 5.41) is 3.27. The first-order valence-corrected chi connectivity index (χ1v) is 16.9. The number of aromatic nitrogens is 2. The molecule has 3 aromatic carbocycles. The molecular weight excluding hydrogens is 643 g/mol. The lowest BCUT2D eigenvalue weighted by atomic mass is 10.0. The number of hydrogen-bond acceptors (Lipinski definition) is 10. The summed E-state index contributed by atoms with van der Waals surface area (Å²) in [6.45, 7) is 1.64. The molecule has 0 saturated carbocycles. The van der Waals surface area contributed by atoms with Gasteiger partial charge in [0.2, 0.25) is 11.8 Å². The van der Waals surface area contributed by atoms with Crippen molar-refractivity contribution in [2.24, 2.45) is 0 Å².